The third-order valence-electron chi connectivity index (χ3n) is 5.93. The first-order valence-corrected chi connectivity index (χ1v) is 9.73. The number of benzene rings is 1. The number of ether oxygens (including phenoxy) is 1. The Bertz CT molecular complexity index is 759. The Balaban J connectivity index is 1.52. The van der Waals surface area contributed by atoms with E-state index in [1.807, 2.05) is 30.3 Å². The van der Waals surface area contributed by atoms with Crippen molar-refractivity contribution in [3.63, 3.8) is 0 Å². The largest absolute Gasteiger partial charge is 0.379 e. The first-order chi connectivity index (χ1) is 12.8. The summed E-state index contributed by atoms with van der Waals surface area (Å²) in [6, 6.07) is 9.87. The maximum absolute atomic E-state index is 12.9. The lowest BCUT2D eigenvalue weighted by Gasteiger charge is -2.48. The summed E-state index contributed by atoms with van der Waals surface area (Å²) in [5.41, 5.74) is 0.596. The lowest BCUT2D eigenvalue weighted by atomic mass is 9.79. The fourth-order valence-corrected chi connectivity index (χ4v) is 4.48. The number of nitrogens with one attached hydrogen (secondary N) is 1. The van der Waals surface area contributed by atoms with Crippen molar-refractivity contribution < 1.29 is 9.53 Å². The molecule has 1 saturated carbocycles. The standard InChI is InChI=1S/C21H27N3O2/c25-20(19-18-7-3-2-6-17(18)8-11-22-19)23-16-21(9-4-1-5-10-21)24-12-14-26-15-13-24/h2-3,6-8,11H,1,4-5,9-10,12-16H2,(H,23,25). The Morgan fingerprint density at radius 2 is 1.88 bits per heavy atom. The number of morpholine rings is 1. The number of hydrogen-bond donors (Lipinski definition) is 1. The second-order valence-electron chi connectivity index (χ2n) is 7.45. The molecule has 138 valence electrons. The second-order valence-corrected chi connectivity index (χ2v) is 7.45. The molecule has 2 fully saturated rings. The van der Waals surface area contributed by atoms with E-state index in [0.29, 0.717) is 12.2 Å². The smallest absolute Gasteiger partial charge is 0.270 e. The molecule has 1 aromatic heterocycles. The van der Waals surface area contributed by atoms with Crippen molar-refractivity contribution in [2.45, 2.75) is 37.6 Å². The normalized spacial score (nSPS) is 20.8. The van der Waals surface area contributed by atoms with Crippen LogP contribution in [0.1, 0.15) is 42.6 Å². The molecule has 1 aromatic carbocycles. The molecule has 0 bridgehead atoms. The lowest BCUT2D eigenvalue weighted by molar-refractivity contribution is -0.0361. The zero-order chi connectivity index (χ0) is 17.8. The zero-order valence-corrected chi connectivity index (χ0v) is 15.2. The van der Waals surface area contributed by atoms with Crippen molar-refractivity contribution in [2.75, 3.05) is 32.8 Å². The first kappa shape index (κ1) is 17.4. The van der Waals surface area contributed by atoms with Gasteiger partial charge in [-0.1, -0.05) is 43.5 Å². The van der Waals surface area contributed by atoms with Gasteiger partial charge in [0, 0.05) is 36.8 Å². The van der Waals surface area contributed by atoms with Crippen LogP contribution < -0.4 is 5.32 Å². The minimum atomic E-state index is -0.0694. The molecule has 2 heterocycles. The molecular formula is C21H27N3O2. The van der Waals surface area contributed by atoms with Crippen LogP contribution in [-0.2, 0) is 4.74 Å². The Labute approximate surface area is 154 Å². The lowest BCUT2D eigenvalue weighted by Crippen LogP contribution is -2.59. The highest BCUT2D eigenvalue weighted by atomic mass is 16.5. The van der Waals surface area contributed by atoms with Gasteiger partial charge in [0.15, 0.2) is 0 Å². The number of nitrogens with zero attached hydrogens (tertiary/aromatic N) is 2. The van der Waals surface area contributed by atoms with Gasteiger partial charge in [0.25, 0.3) is 5.91 Å². The molecular weight excluding hydrogens is 326 g/mol. The zero-order valence-electron chi connectivity index (χ0n) is 15.2. The highest BCUT2D eigenvalue weighted by Gasteiger charge is 2.39. The van der Waals surface area contributed by atoms with E-state index in [0.717, 1.165) is 49.9 Å². The van der Waals surface area contributed by atoms with Crippen LogP contribution in [0, 0.1) is 0 Å². The number of aromatic nitrogens is 1. The maximum atomic E-state index is 12.9. The molecule has 0 atom stereocenters. The highest BCUT2D eigenvalue weighted by Crippen LogP contribution is 2.34. The first-order valence-electron chi connectivity index (χ1n) is 9.73. The fourth-order valence-electron chi connectivity index (χ4n) is 4.48. The number of amides is 1. The average Bonchev–Trinajstić information content (AvgIpc) is 2.73. The van der Waals surface area contributed by atoms with Crippen LogP contribution >= 0.6 is 0 Å². The molecule has 1 aliphatic heterocycles. The molecule has 1 N–H and O–H groups in total. The number of fused-ring (bicyclic) bond motifs is 1. The third kappa shape index (κ3) is 3.46. The molecule has 5 nitrogen and oxygen atoms in total. The average molecular weight is 353 g/mol. The summed E-state index contributed by atoms with van der Waals surface area (Å²) in [5.74, 6) is -0.0694. The number of pyridine rings is 1. The molecule has 26 heavy (non-hydrogen) atoms. The van der Waals surface area contributed by atoms with Gasteiger partial charge in [-0.2, -0.15) is 0 Å². The van der Waals surface area contributed by atoms with E-state index in [2.05, 4.69) is 15.2 Å². The predicted molar refractivity (Wildman–Crippen MR) is 102 cm³/mol. The van der Waals surface area contributed by atoms with Crippen molar-refractivity contribution in [3.8, 4) is 0 Å². The van der Waals surface area contributed by atoms with Crippen LogP contribution in [0.25, 0.3) is 10.8 Å². The van der Waals surface area contributed by atoms with E-state index in [9.17, 15) is 4.79 Å². The summed E-state index contributed by atoms with van der Waals surface area (Å²) in [6.07, 6.45) is 7.78. The van der Waals surface area contributed by atoms with Crippen LogP contribution in [0.15, 0.2) is 36.5 Å². The van der Waals surface area contributed by atoms with Gasteiger partial charge in [-0.3, -0.25) is 14.7 Å². The minimum Gasteiger partial charge on any atom is -0.379 e. The Hall–Kier alpha value is -1.98. The monoisotopic (exact) mass is 353 g/mol. The van der Waals surface area contributed by atoms with Gasteiger partial charge in [-0.05, 0) is 24.3 Å². The number of hydrogen-bond acceptors (Lipinski definition) is 4. The molecule has 2 aromatic rings. The topological polar surface area (TPSA) is 54.5 Å². The molecule has 1 amide bonds. The van der Waals surface area contributed by atoms with Gasteiger partial charge in [0.05, 0.1) is 13.2 Å². The number of rotatable bonds is 4. The summed E-state index contributed by atoms with van der Waals surface area (Å²) in [6.45, 7) is 4.20. The predicted octanol–water partition coefficient (Wildman–Crippen LogP) is 3.00. The number of carbonyl (C=O) groups is 1. The summed E-state index contributed by atoms with van der Waals surface area (Å²) >= 11 is 0. The van der Waals surface area contributed by atoms with Crippen LogP contribution in [0.3, 0.4) is 0 Å². The van der Waals surface area contributed by atoms with Gasteiger partial charge < -0.3 is 10.1 Å². The Morgan fingerprint density at radius 1 is 1.12 bits per heavy atom. The second kappa shape index (κ2) is 7.72. The van der Waals surface area contributed by atoms with Crippen molar-refractivity contribution in [1.29, 1.82) is 0 Å². The van der Waals surface area contributed by atoms with Crippen molar-refractivity contribution >= 4 is 16.7 Å². The molecule has 2 aliphatic rings. The molecule has 1 aliphatic carbocycles. The van der Waals surface area contributed by atoms with E-state index in [4.69, 9.17) is 4.74 Å². The van der Waals surface area contributed by atoms with Gasteiger partial charge >= 0.3 is 0 Å². The molecule has 5 heteroatoms. The van der Waals surface area contributed by atoms with Crippen molar-refractivity contribution in [2.24, 2.45) is 0 Å². The van der Waals surface area contributed by atoms with Crippen LogP contribution in [0.2, 0.25) is 0 Å². The van der Waals surface area contributed by atoms with Crippen LogP contribution in [0.5, 0.6) is 0 Å². The third-order valence-corrected chi connectivity index (χ3v) is 5.93. The maximum Gasteiger partial charge on any atom is 0.270 e. The van der Waals surface area contributed by atoms with Crippen molar-refractivity contribution in [1.82, 2.24) is 15.2 Å². The molecule has 4 rings (SSSR count). The number of carbonyl (C=O) groups excluding carboxylic acids is 1. The van der Waals surface area contributed by atoms with Crippen molar-refractivity contribution in [3.05, 3.63) is 42.2 Å². The van der Waals surface area contributed by atoms with Gasteiger partial charge in [-0.15, -0.1) is 0 Å². The molecule has 0 radical (unpaired) electrons. The Morgan fingerprint density at radius 3 is 2.69 bits per heavy atom. The summed E-state index contributed by atoms with van der Waals surface area (Å²) in [7, 11) is 0. The van der Waals surface area contributed by atoms with Gasteiger partial charge in [-0.25, -0.2) is 0 Å². The summed E-state index contributed by atoms with van der Waals surface area (Å²) in [4.78, 5) is 19.8. The minimum absolute atomic E-state index is 0.0694. The van der Waals surface area contributed by atoms with E-state index >= 15 is 0 Å². The van der Waals surface area contributed by atoms with Crippen LogP contribution in [-0.4, -0.2) is 54.2 Å². The summed E-state index contributed by atoms with van der Waals surface area (Å²) in [5, 5.41) is 5.18. The van der Waals surface area contributed by atoms with E-state index in [1.165, 1.54) is 19.3 Å². The van der Waals surface area contributed by atoms with Gasteiger partial charge in [0.2, 0.25) is 0 Å². The molecule has 1 saturated heterocycles. The summed E-state index contributed by atoms with van der Waals surface area (Å²) < 4.78 is 5.54. The van der Waals surface area contributed by atoms with Gasteiger partial charge in [0.1, 0.15) is 5.69 Å². The molecule has 0 unspecified atom stereocenters. The highest BCUT2D eigenvalue weighted by molar-refractivity contribution is 6.05. The molecule has 0 spiro atoms. The van der Waals surface area contributed by atoms with E-state index in [1.54, 1.807) is 6.20 Å². The fraction of sp³-hybridized carbons (Fsp3) is 0.524. The van der Waals surface area contributed by atoms with E-state index < -0.39 is 0 Å². The van der Waals surface area contributed by atoms with E-state index in [-0.39, 0.29) is 11.4 Å². The van der Waals surface area contributed by atoms with Crippen LogP contribution in [0.4, 0.5) is 0 Å². The Kier molecular flexibility index (Phi) is 5.18. The quantitative estimate of drug-likeness (QED) is 0.918. The SMILES string of the molecule is O=C(NCC1(N2CCOCC2)CCCCC1)c1nccc2ccccc12.